The Hall–Kier alpha value is -1.55. The van der Waals surface area contributed by atoms with Gasteiger partial charge in [-0.3, -0.25) is 4.79 Å². The van der Waals surface area contributed by atoms with Gasteiger partial charge in [0.1, 0.15) is 6.61 Å². The van der Waals surface area contributed by atoms with Crippen molar-refractivity contribution in [2.75, 3.05) is 7.11 Å². The van der Waals surface area contributed by atoms with Crippen molar-refractivity contribution in [1.29, 1.82) is 0 Å². The van der Waals surface area contributed by atoms with E-state index >= 15 is 0 Å². The van der Waals surface area contributed by atoms with Gasteiger partial charge < -0.3 is 9.47 Å². The van der Waals surface area contributed by atoms with E-state index in [0.29, 0.717) is 17.4 Å². The van der Waals surface area contributed by atoms with Gasteiger partial charge in [-0.15, -0.1) is 11.6 Å². The van der Waals surface area contributed by atoms with E-state index in [9.17, 15) is 9.59 Å². The van der Waals surface area contributed by atoms with Gasteiger partial charge in [-0.2, -0.15) is 0 Å². The van der Waals surface area contributed by atoms with Crippen LogP contribution in [0.5, 0.6) is 0 Å². The molecular weight excluding hydrogens is 340 g/mol. The number of hydrogen-bond acceptors (Lipinski definition) is 4. The number of methoxy groups -OCH3 is 1. The topological polar surface area (TPSA) is 52.6 Å². The Labute approximate surface area is 152 Å². The van der Waals surface area contributed by atoms with E-state index in [-0.39, 0.29) is 17.5 Å². The first kappa shape index (κ1) is 16.9. The lowest BCUT2D eigenvalue weighted by molar-refractivity contribution is -0.171. The van der Waals surface area contributed by atoms with Gasteiger partial charge in [0, 0.05) is 4.87 Å². The zero-order chi connectivity index (χ0) is 17.7. The number of benzene rings is 1. The van der Waals surface area contributed by atoms with Gasteiger partial charge in [0.15, 0.2) is 0 Å². The Morgan fingerprint density at radius 3 is 2.56 bits per heavy atom. The minimum absolute atomic E-state index is 0.116. The number of carbonyl (C=O) groups excluding carboxylic acids is 2. The molecule has 0 aromatic heterocycles. The zero-order valence-corrected chi connectivity index (χ0v) is 15.2. The van der Waals surface area contributed by atoms with Crippen LogP contribution in [0.3, 0.4) is 0 Å². The number of hydrogen-bond donors (Lipinski definition) is 0. The van der Waals surface area contributed by atoms with Gasteiger partial charge >= 0.3 is 11.9 Å². The molecule has 25 heavy (non-hydrogen) atoms. The molecule has 4 atom stereocenters. The Kier molecular flexibility index (Phi) is 4.06. The first-order chi connectivity index (χ1) is 11.9. The average molecular weight is 363 g/mol. The predicted molar refractivity (Wildman–Crippen MR) is 93.3 cm³/mol. The monoisotopic (exact) mass is 362 g/mol. The van der Waals surface area contributed by atoms with Crippen molar-refractivity contribution in [3.8, 4) is 0 Å². The Balaban J connectivity index is 1.45. The van der Waals surface area contributed by atoms with Crippen LogP contribution in [0, 0.1) is 17.3 Å². The minimum Gasteiger partial charge on any atom is -0.465 e. The number of carbonyl (C=O) groups is 2. The molecule has 1 aromatic carbocycles. The molecule has 4 nitrogen and oxygen atoms in total. The summed E-state index contributed by atoms with van der Waals surface area (Å²) in [6.07, 6.45) is 5.88. The number of esters is 2. The van der Waals surface area contributed by atoms with Crippen LogP contribution >= 0.6 is 11.6 Å². The number of alkyl halides is 1. The first-order valence-corrected chi connectivity index (χ1v) is 9.33. The maximum atomic E-state index is 12.9. The van der Waals surface area contributed by atoms with Gasteiger partial charge in [0.25, 0.3) is 0 Å². The van der Waals surface area contributed by atoms with Crippen molar-refractivity contribution in [3.63, 3.8) is 0 Å². The molecule has 0 heterocycles. The molecule has 0 radical (unpaired) electrons. The molecule has 4 aliphatic carbocycles. The minimum atomic E-state index is -0.397. The summed E-state index contributed by atoms with van der Waals surface area (Å²) in [5.41, 5.74) is 0.860. The third kappa shape index (κ3) is 3.05. The van der Waals surface area contributed by atoms with Crippen molar-refractivity contribution in [1.82, 2.24) is 0 Å². The molecule has 4 fully saturated rings. The first-order valence-electron chi connectivity index (χ1n) is 8.95. The second kappa shape index (κ2) is 6.01. The molecule has 5 heteroatoms. The predicted octanol–water partition coefficient (Wildman–Crippen LogP) is 4.09. The van der Waals surface area contributed by atoms with E-state index in [1.807, 2.05) is 6.07 Å². The fourth-order valence-electron chi connectivity index (χ4n) is 5.60. The summed E-state index contributed by atoms with van der Waals surface area (Å²) in [4.78, 5) is 24.3. The summed E-state index contributed by atoms with van der Waals surface area (Å²) in [7, 11) is 1.35. The van der Waals surface area contributed by atoms with Crippen molar-refractivity contribution in [3.05, 3.63) is 35.4 Å². The normalized spacial score (nSPS) is 35.4. The molecule has 0 aliphatic heterocycles. The van der Waals surface area contributed by atoms with Crippen molar-refractivity contribution >= 4 is 23.5 Å². The number of halogens is 1. The molecule has 0 spiro atoms. The highest BCUT2D eigenvalue weighted by Crippen LogP contribution is 2.64. The van der Waals surface area contributed by atoms with Gasteiger partial charge in [-0.1, -0.05) is 12.1 Å². The summed E-state index contributed by atoms with van der Waals surface area (Å²) in [5, 5.41) is 0. The average Bonchev–Trinajstić information content (AvgIpc) is 2.57. The van der Waals surface area contributed by atoms with Crippen LogP contribution in [0.4, 0.5) is 0 Å². The summed E-state index contributed by atoms with van der Waals surface area (Å²) in [6.45, 7) is 0.177. The maximum Gasteiger partial charge on any atom is 0.337 e. The lowest BCUT2D eigenvalue weighted by atomic mass is 9.49. The Bertz CT molecular complexity index is 699. The summed E-state index contributed by atoms with van der Waals surface area (Å²) in [6, 6.07) is 7.02. The van der Waals surface area contributed by atoms with Crippen molar-refractivity contribution < 1.29 is 19.1 Å². The van der Waals surface area contributed by atoms with Crippen LogP contribution in [0.25, 0.3) is 0 Å². The third-order valence-electron chi connectivity index (χ3n) is 6.14. The molecule has 4 saturated carbocycles. The van der Waals surface area contributed by atoms with Gasteiger partial charge in [-0.05, 0) is 68.1 Å². The fourth-order valence-corrected chi connectivity index (χ4v) is 6.29. The van der Waals surface area contributed by atoms with Gasteiger partial charge in [0.05, 0.1) is 18.1 Å². The number of ether oxygens (including phenoxy) is 2. The van der Waals surface area contributed by atoms with Gasteiger partial charge in [-0.25, -0.2) is 4.79 Å². The summed E-state index contributed by atoms with van der Waals surface area (Å²) in [5.74, 6) is 0.622. The Morgan fingerprint density at radius 1 is 1.20 bits per heavy atom. The van der Waals surface area contributed by atoms with Crippen molar-refractivity contribution in [2.24, 2.45) is 17.3 Å². The SMILES string of the molecule is COC(=O)c1cccc(COC(=O)C23C[C@@H]4C[C@@H](CC(Cl)(C4)C2)C3)c1. The fraction of sp³-hybridized carbons (Fsp3) is 0.600. The molecule has 4 aliphatic rings. The van der Waals surface area contributed by atoms with Crippen LogP contribution in [-0.2, 0) is 20.9 Å². The second-order valence-electron chi connectivity index (χ2n) is 8.16. The highest BCUT2D eigenvalue weighted by molar-refractivity contribution is 6.24. The van der Waals surface area contributed by atoms with Crippen molar-refractivity contribution in [2.45, 2.75) is 50.0 Å². The highest BCUT2D eigenvalue weighted by atomic mass is 35.5. The van der Waals surface area contributed by atoms with Crippen LogP contribution in [0.15, 0.2) is 24.3 Å². The number of rotatable bonds is 4. The molecule has 0 amide bonds. The largest absolute Gasteiger partial charge is 0.465 e. The lowest BCUT2D eigenvalue weighted by Gasteiger charge is -2.58. The molecular formula is C20H23ClO4. The second-order valence-corrected chi connectivity index (χ2v) is 8.96. The third-order valence-corrected chi connectivity index (χ3v) is 6.58. The maximum absolute atomic E-state index is 12.9. The van der Waals surface area contributed by atoms with Crippen LogP contribution in [0.1, 0.15) is 54.4 Å². The summed E-state index contributed by atoms with van der Waals surface area (Å²) < 4.78 is 10.4. The van der Waals surface area contributed by atoms with E-state index in [0.717, 1.165) is 37.7 Å². The van der Waals surface area contributed by atoms with Gasteiger partial charge in [0.2, 0.25) is 0 Å². The standard InChI is InChI=1S/C20H23ClO4/c1-24-17(22)16-4-2-3-13(6-16)11-25-18(23)19-7-14-5-15(8-19)10-20(21,9-14)12-19/h2-4,6,14-15H,5,7-12H2,1H3/t14-,15+,19?,20?. The van der Waals surface area contributed by atoms with E-state index in [2.05, 4.69) is 0 Å². The molecule has 0 N–H and O–H groups in total. The molecule has 5 rings (SSSR count). The van der Waals surface area contributed by atoms with Crippen LogP contribution in [-0.4, -0.2) is 23.9 Å². The smallest absolute Gasteiger partial charge is 0.337 e. The molecule has 4 bridgehead atoms. The lowest BCUT2D eigenvalue weighted by Crippen LogP contribution is -2.56. The Morgan fingerprint density at radius 2 is 1.92 bits per heavy atom. The zero-order valence-electron chi connectivity index (χ0n) is 14.4. The molecule has 0 saturated heterocycles. The van der Waals surface area contributed by atoms with E-state index in [1.165, 1.54) is 13.5 Å². The molecule has 134 valence electrons. The summed E-state index contributed by atoms with van der Waals surface area (Å²) >= 11 is 6.79. The van der Waals surface area contributed by atoms with Crippen LogP contribution < -0.4 is 0 Å². The van der Waals surface area contributed by atoms with E-state index in [4.69, 9.17) is 21.1 Å². The highest BCUT2D eigenvalue weighted by Gasteiger charge is 2.60. The van der Waals surface area contributed by atoms with Crippen LogP contribution in [0.2, 0.25) is 0 Å². The molecule has 1 aromatic rings. The van der Waals surface area contributed by atoms with E-state index in [1.54, 1.807) is 18.2 Å². The van der Waals surface area contributed by atoms with E-state index < -0.39 is 11.4 Å². The quantitative estimate of drug-likeness (QED) is 0.598. The molecule has 2 unspecified atom stereocenters.